The first-order chi connectivity index (χ1) is 14.5. The summed E-state index contributed by atoms with van der Waals surface area (Å²) in [6.07, 6.45) is 0.886. The van der Waals surface area contributed by atoms with E-state index in [1.54, 1.807) is 7.11 Å². The Bertz CT molecular complexity index is 1080. The van der Waals surface area contributed by atoms with E-state index in [1.807, 2.05) is 47.4 Å². The lowest BCUT2D eigenvalue weighted by Gasteiger charge is -2.62. The van der Waals surface area contributed by atoms with Gasteiger partial charge >= 0.3 is 0 Å². The molecule has 0 unspecified atom stereocenters. The van der Waals surface area contributed by atoms with Crippen LogP contribution in [0.25, 0.3) is 0 Å². The zero-order chi connectivity index (χ0) is 20.7. The van der Waals surface area contributed by atoms with Gasteiger partial charge in [0.25, 0.3) is 5.91 Å². The van der Waals surface area contributed by atoms with Crippen LogP contribution in [-0.2, 0) is 16.6 Å². The smallest absolute Gasteiger partial charge is 0.254 e. The van der Waals surface area contributed by atoms with E-state index in [0.29, 0.717) is 42.9 Å². The molecule has 1 spiro atoms. The molecule has 1 saturated carbocycles. The summed E-state index contributed by atoms with van der Waals surface area (Å²) in [5.74, 6) is 1.13. The number of Topliss-reactive ketones (excluding diaryl/α,β-unsaturated/α-hetero) is 1. The number of ketones is 1. The Balaban J connectivity index is 1.54. The molecule has 4 atom stereocenters. The predicted octanol–water partition coefficient (Wildman–Crippen LogP) is 2.26. The van der Waals surface area contributed by atoms with Crippen molar-refractivity contribution < 1.29 is 24.2 Å². The normalized spacial score (nSPS) is 33.0. The summed E-state index contributed by atoms with van der Waals surface area (Å²) in [7, 11) is 1.59. The van der Waals surface area contributed by atoms with Crippen molar-refractivity contribution in [2.24, 2.45) is 0 Å². The Morgan fingerprint density at radius 1 is 1.20 bits per heavy atom. The minimum Gasteiger partial charge on any atom is -0.493 e. The summed E-state index contributed by atoms with van der Waals surface area (Å²) in [5.41, 5.74) is 0.537. The summed E-state index contributed by atoms with van der Waals surface area (Å²) in [4.78, 5) is 28.1. The average Bonchev–Trinajstić information content (AvgIpc) is 3.12. The zero-order valence-electron chi connectivity index (χ0n) is 16.8. The maximum absolute atomic E-state index is 13.4. The van der Waals surface area contributed by atoms with Crippen LogP contribution < -0.4 is 9.47 Å². The molecule has 30 heavy (non-hydrogen) atoms. The monoisotopic (exact) mass is 405 g/mol. The summed E-state index contributed by atoms with van der Waals surface area (Å²) in [5, 5.41) is 12.2. The molecule has 1 N–H and O–H groups in total. The van der Waals surface area contributed by atoms with E-state index < -0.39 is 23.2 Å². The number of benzene rings is 2. The molecule has 2 aliphatic carbocycles. The highest BCUT2D eigenvalue weighted by atomic mass is 16.5. The van der Waals surface area contributed by atoms with E-state index in [9.17, 15) is 14.7 Å². The summed E-state index contributed by atoms with van der Waals surface area (Å²) in [6, 6.07) is 12.7. The molecule has 154 valence electrons. The molecule has 0 radical (unpaired) electrons. The van der Waals surface area contributed by atoms with E-state index >= 15 is 0 Å². The second-order valence-corrected chi connectivity index (χ2v) is 8.83. The molecule has 2 heterocycles. The third kappa shape index (κ3) is 1.93. The van der Waals surface area contributed by atoms with Crippen molar-refractivity contribution in [3.63, 3.8) is 0 Å². The number of likely N-dealkylation sites (tertiary alicyclic amines) is 1. The first kappa shape index (κ1) is 18.0. The van der Waals surface area contributed by atoms with Gasteiger partial charge in [-0.3, -0.25) is 9.59 Å². The molecule has 6 heteroatoms. The van der Waals surface area contributed by atoms with E-state index in [1.165, 1.54) is 0 Å². The van der Waals surface area contributed by atoms with Gasteiger partial charge in [0, 0.05) is 24.1 Å². The molecule has 2 aliphatic heterocycles. The van der Waals surface area contributed by atoms with E-state index in [0.717, 1.165) is 11.1 Å². The Kier molecular flexibility index (Phi) is 3.50. The summed E-state index contributed by atoms with van der Waals surface area (Å²) in [6.45, 7) is 0.476. The number of amides is 1. The number of hydrogen-bond donors (Lipinski definition) is 1. The quantitative estimate of drug-likeness (QED) is 0.830. The molecule has 2 bridgehead atoms. The third-order valence-electron chi connectivity index (χ3n) is 7.74. The minimum atomic E-state index is -1.21. The third-order valence-corrected chi connectivity index (χ3v) is 7.74. The van der Waals surface area contributed by atoms with Crippen LogP contribution in [0.5, 0.6) is 11.5 Å². The number of piperidine rings is 1. The van der Waals surface area contributed by atoms with Crippen molar-refractivity contribution >= 4 is 11.7 Å². The van der Waals surface area contributed by atoms with E-state index in [-0.39, 0.29) is 18.1 Å². The Morgan fingerprint density at radius 3 is 2.77 bits per heavy atom. The molecule has 6 rings (SSSR count). The van der Waals surface area contributed by atoms with Gasteiger partial charge in [-0.2, -0.15) is 0 Å². The van der Waals surface area contributed by atoms with Crippen LogP contribution in [0.15, 0.2) is 42.5 Å². The minimum absolute atomic E-state index is 0.0207. The van der Waals surface area contributed by atoms with Crippen LogP contribution in [0.1, 0.15) is 40.7 Å². The highest BCUT2D eigenvalue weighted by Gasteiger charge is 2.73. The van der Waals surface area contributed by atoms with Crippen LogP contribution >= 0.6 is 0 Å². The first-order valence-corrected chi connectivity index (χ1v) is 10.5. The van der Waals surface area contributed by atoms with Gasteiger partial charge < -0.3 is 19.5 Å². The van der Waals surface area contributed by atoms with Gasteiger partial charge in [-0.15, -0.1) is 0 Å². The number of hydrogen-bond acceptors (Lipinski definition) is 5. The lowest BCUT2D eigenvalue weighted by molar-refractivity contribution is -0.181. The Morgan fingerprint density at radius 2 is 2.00 bits per heavy atom. The van der Waals surface area contributed by atoms with Crippen molar-refractivity contribution in [1.29, 1.82) is 0 Å². The molecule has 0 aromatic heterocycles. The van der Waals surface area contributed by atoms with Gasteiger partial charge in [0.05, 0.1) is 24.2 Å². The largest absolute Gasteiger partial charge is 0.493 e. The van der Waals surface area contributed by atoms with Crippen molar-refractivity contribution in [3.8, 4) is 11.5 Å². The van der Waals surface area contributed by atoms with E-state index in [2.05, 4.69) is 0 Å². The number of aliphatic hydroxyl groups is 1. The molecule has 2 aromatic carbocycles. The number of carbonyl (C=O) groups excluding carboxylic acids is 2. The standard InChI is InChI=1S/C24H23NO5/c1-29-17-8-7-15-13-18-24(28)10-9-16(26)21-23(24,19(15)20(17)30-21)11-12-25(18)22(27)14-5-3-2-4-6-14/h2-8,18,21,28H,9-13H2,1H3/t18-,21+,23+,24-/m1/s1. The first-order valence-electron chi connectivity index (χ1n) is 10.5. The molecular formula is C24H23NO5. The van der Waals surface area contributed by atoms with Crippen LogP contribution in [0.2, 0.25) is 0 Å². The number of rotatable bonds is 2. The number of nitrogens with zero attached hydrogens (tertiary/aromatic N) is 1. The van der Waals surface area contributed by atoms with Gasteiger partial charge in [-0.25, -0.2) is 0 Å². The van der Waals surface area contributed by atoms with Crippen molar-refractivity contribution in [2.45, 2.75) is 48.8 Å². The molecule has 6 nitrogen and oxygen atoms in total. The van der Waals surface area contributed by atoms with E-state index in [4.69, 9.17) is 9.47 Å². The van der Waals surface area contributed by atoms with Gasteiger partial charge in [0.1, 0.15) is 0 Å². The zero-order valence-corrected chi connectivity index (χ0v) is 16.8. The maximum Gasteiger partial charge on any atom is 0.254 e. The molecular weight excluding hydrogens is 382 g/mol. The van der Waals surface area contributed by atoms with Gasteiger partial charge in [-0.05, 0) is 43.0 Å². The van der Waals surface area contributed by atoms with Crippen LogP contribution in [-0.4, -0.2) is 53.1 Å². The maximum atomic E-state index is 13.4. The summed E-state index contributed by atoms with van der Waals surface area (Å²) < 4.78 is 11.7. The van der Waals surface area contributed by atoms with Crippen molar-refractivity contribution in [1.82, 2.24) is 4.90 Å². The van der Waals surface area contributed by atoms with Crippen molar-refractivity contribution in [3.05, 3.63) is 59.2 Å². The van der Waals surface area contributed by atoms with Gasteiger partial charge in [-0.1, -0.05) is 24.3 Å². The lowest BCUT2D eigenvalue weighted by atomic mass is 9.49. The van der Waals surface area contributed by atoms with Gasteiger partial charge in [0.2, 0.25) is 0 Å². The number of carbonyl (C=O) groups is 2. The average molecular weight is 405 g/mol. The second kappa shape index (κ2) is 5.85. The Labute approximate surface area is 174 Å². The number of methoxy groups -OCH3 is 1. The summed E-state index contributed by atoms with van der Waals surface area (Å²) >= 11 is 0. The number of ether oxygens (including phenoxy) is 2. The molecule has 4 aliphatic rings. The van der Waals surface area contributed by atoms with Crippen LogP contribution in [0.3, 0.4) is 0 Å². The fourth-order valence-electron chi connectivity index (χ4n) is 6.47. The molecule has 2 aromatic rings. The fourth-order valence-corrected chi connectivity index (χ4v) is 6.47. The molecule has 2 fully saturated rings. The predicted molar refractivity (Wildman–Crippen MR) is 108 cm³/mol. The molecule has 1 amide bonds. The highest BCUT2D eigenvalue weighted by Crippen LogP contribution is 2.64. The second-order valence-electron chi connectivity index (χ2n) is 8.83. The van der Waals surface area contributed by atoms with Gasteiger partial charge in [0.15, 0.2) is 23.4 Å². The topological polar surface area (TPSA) is 76.1 Å². The van der Waals surface area contributed by atoms with Crippen LogP contribution in [0, 0.1) is 0 Å². The SMILES string of the molecule is COc1ccc2c3c1O[C@H]1C(=O)CC[C@@]4(O)[C@@H](C2)N(C(=O)c2ccccc2)CC[C@]314. The lowest BCUT2D eigenvalue weighted by Crippen LogP contribution is -2.77. The highest BCUT2D eigenvalue weighted by molar-refractivity contribution is 5.95. The fraction of sp³-hybridized carbons (Fsp3) is 0.417. The van der Waals surface area contributed by atoms with Crippen LogP contribution in [0.4, 0.5) is 0 Å². The Hall–Kier alpha value is -2.86. The molecule has 1 saturated heterocycles. The van der Waals surface area contributed by atoms with Crippen molar-refractivity contribution in [2.75, 3.05) is 13.7 Å².